The number of hydrogen-bond donors (Lipinski definition) is 1. The van der Waals surface area contributed by atoms with Gasteiger partial charge in [0.05, 0.1) is 0 Å². The fourth-order valence-corrected chi connectivity index (χ4v) is 1.21. The molecule has 1 aliphatic carbocycles. The van der Waals surface area contributed by atoms with Crippen LogP contribution >= 0.6 is 0 Å². The average Bonchev–Trinajstić information content (AvgIpc) is 2.12. The van der Waals surface area contributed by atoms with Crippen molar-refractivity contribution >= 4 is 31.8 Å². The van der Waals surface area contributed by atoms with Crippen LogP contribution < -0.4 is 0 Å². The van der Waals surface area contributed by atoms with Crippen LogP contribution in [0, 0.1) is 0 Å². The maximum atomic E-state index is 10.4. The van der Waals surface area contributed by atoms with E-state index >= 15 is 0 Å². The Morgan fingerprint density at radius 2 is 2.09 bits per heavy atom. The molecule has 0 aliphatic heterocycles. The summed E-state index contributed by atoms with van der Waals surface area (Å²) < 4.78 is 0. The molecule has 11 heavy (non-hydrogen) atoms. The molecule has 3 heteroatoms. The van der Waals surface area contributed by atoms with Crippen molar-refractivity contribution in [2.45, 2.75) is 32.1 Å². The molecule has 2 nitrogen and oxygen atoms in total. The minimum absolute atomic E-state index is 0. The van der Waals surface area contributed by atoms with Crippen LogP contribution in [-0.4, -0.2) is 36.9 Å². The van der Waals surface area contributed by atoms with Gasteiger partial charge in [0.2, 0.25) is 0 Å². The molecule has 0 saturated heterocycles. The van der Waals surface area contributed by atoms with E-state index in [4.69, 9.17) is 5.11 Å². The Hall–Kier alpha value is 0.0801. The summed E-state index contributed by atoms with van der Waals surface area (Å²) >= 11 is 0. The van der Waals surface area contributed by atoms with Crippen LogP contribution in [0.4, 0.5) is 0 Å². The monoisotopic (exact) mass is 255 g/mol. The quantitative estimate of drug-likeness (QED) is 0.772. The predicted molar refractivity (Wildman–Crippen MR) is 44.6 cm³/mol. The van der Waals surface area contributed by atoms with Gasteiger partial charge in [0, 0.05) is 31.4 Å². The van der Waals surface area contributed by atoms with E-state index in [1.54, 1.807) is 0 Å². The first-order valence-corrected chi connectivity index (χ1v) is 3.73. The Morgan fingerprint density at radius 3 is 2.73 bits per heavy atom. The van der Waals surface area contributed by atoms with Crippen LogP contribution in [0.25, 0.3) is 0 Å². The van der Waals surface area contributed by atoms with Crippen LogP contribution in [0.3, 0.4) is 0 Å². The molecule has 3 radical (unpaired) electrons. The molecule has 0 aromatic carbocycles. The van der Waals surface area contributed by atoms with Crippen molar-refractivity contribution in [3.8, 4) is 0 Å². The molecule has 1 N–H and O–H groups in total. The molecule has 0 spiro atoms. The van der Waals surface area contributed by atoms with Gasteiger partial charge in [0.25, 0.3) is 0 Å². The normalized spacial score (nSPS) is 17.6. The minimum atomic E-state index is -0.734. The number of rotatable bonds is 1. The van der Waals surface area contributed by atoms with Crippen molar-refractivity contribution in [1.29, 1.82) is 0 Å². The third-order valence-corrected chi connectivity index (χ3v) is 1.82. The molecule has 0 heterocycles. The van der Waals surface area contributed by atoms with Crippen LogP contribution in [0.1, 0.15) is 32.1 Å². The number of carboxylic acids is 1. The van der Waals surface area contributed by atoms with Gasteiger partial charge in [0.1, 0.15) is 0 Å². The van der Waals surface area contributed by atoms with Crippen LogP contribution in [0.5, 0.6) is 0 Å². The van der Waals surface area contributed by atoms with Gasteiger partial charge >= 0.3 is 5.97 Å². The first kappa shape index (κ1) is 11.1. The van der Waals surface area contributed by atoms with Crippen molar-refractivity contribution < 1.29 is 9.90 Å². The van der Waals surface area contributed by atoms with Gasteiger partial charge < -0.3 is 5.11 Å². The second kappa shape index (κ2) is 5.70. The largest absolute Gasteiger partial charge is 0.478 e. The van der Waals surface area contributed by atoms with Crippen molar-refractivity contribution in [3.63, 3.8) is 0 Å². The summed E-state index contributed by atoms with van der Waals surface area (Å²) in [5, 5.41) is 8.59. The Bertz CT molecular complexity index is 163. The Labute approximate surface area is 85.5 Å². The molecule has 1 aliphatic rings. The van der Waals surface area contributed by atoms with Crippen LogP contribution in [-0.2, 0) is 4.79 Å². The van der Waals surface area contributed by atoms with Gasteiger partial charge in [-0.25, -0.2) is 4.79 Å². The van der Waals surface area contributed by atoms with Crippen LogP contribution in [0.15, 0.2) is 11.6 Å². The number of carbonyl (C=O) groups is 1. The maximum Gasteiger partial charge on any atom is 0.331 e. The third kappa shape index (κ3) is 3.85. The van der Waals surface area contributed by atoms with Crippen molar-refractivity contribution in [3.05, 3.63) is 11.6 Å². The Kier molecular flexibility index (Phi) is 5.74. The smallest absolute Gasteiger partial charge is 0.331 e. The maximum absolute atomic E-state index is 10.4. The summed E-state index contributed by atoms with van der Waals surface area (Å²) in [7, 11) is 0. The summed E-state index contributed by atoms with van der Waals surface area (Å²) in [4.78, 5) is 10.4. The molecule has 1 rings (SSSR count). The van der Waals surface area contributed by atoms with Gasteiger partial charge in [0.15, 0.2) is 0 Å². The number of hydrogen-bond acceptors (Lipinski definition) is 1. The molecular weight excluding hydrogens is 243 g/mol. The zero-order valence-corrected chi connectivity index (χ0v) is 9.84. The number of allylic oxidation sites excluding steroid dienone is 1. The van der Waals surface area contributed by atoms with E-state index in [9.17, 15) is 4.79 Å². The van der Waals surface area contributed by atoms with Gasteiger partial charge in [-0.05, 0) is 25.7 Å². The molecule has 0 saturated carbocycles. The van der Waals surface area contributed by atoms with Crippen LogP contribution in [0.2, 0.25) is 0 Å². The van der Waals surface area contributed by atoms with Crippen molar-refractivity contribution in [1.82, 2.24) is 0 Å². The van der Waals surface area contributed by atoms with Gasteiger partial charge in [-0.2, -0.15) is 0 Å². The van der Waals surface area contributed by atoms with E-state index < -0.39 is 5.97 Å². The predicted octanol–water partition coefficient (Wildman–Crippen LogP) is 1.58. The summed E-state index contributed by atoms with van der Waals surface area (Å²) in [5.74, 6) is -0.734. The summed E-state index contributed by atoms with van der Waals surface area (Å²) in [6.45, 7) is 0. The molecule has 59 valence electrons. The fraction of sp³-hybridized carbons (Fsp3) is 0.625. The second-order valence-electron chi connectivity index (χ2n) is 2.63. The molecule has 0 amide bonds. The summed E-state index contributed by atoms with van der Waals surface area (Å²) in [5.41, 5.74) is 0.609. The zero-order valence-electron chi connectivity index (χ0n) is 6.55. The Morgan fingerprint density at radius 1 is 1.36 bits per heavy atom. The molecular formula is C8H12InO2. The van der Waals surface area contributed by atoms with E-state index in [1.807, 2.05) is 6.08 Å². The van der Waals surface area contributed by atoms with Crippen molar-refractivity contribution in [2.75, 3.05) is 0 Å². The summed E-state index contributed by atoms with van der Waals surface area (Å²) in [6.07, 6.45) is 6.93. The average molecular weight is 255 g/mol. The molecule has 0 unspecified atom stereocenters. The number of aliphatic carboxylic acids is 1. The number of carboxylic acid groups (broad SMARTS) is 1. The molecule has 0 fully saturated rings. The van der Waals surface area contributed by atoms with E-state index in [0.29, 0.717) is 5.57 Å². The third-order valence-electron chi connectivity index (χ3n) is 1.82. The van der Waals surface area contributed by atoms with Crippen molar-refractivity contribution in [2.24, 2.45) is 0 Å². The van der Waals surface area contributed by atoms with E-state index in [1.165, 1.54) is 6.42 Å². The molecule has 0 bridgehead atoms. The van der Waals surface area contributed by atoms with E-state index in [-0.39, 0.29) is 25.8 Å². The van der Waals surface area contributed by atoms with Gasteiger partial charge in [-0.1, -0.05) is 12.5 Å². The van der Waals surface area contributed by atoms with E-state index in [2.05, 4.69) is 0 Å². The van der Waals surface area contributed by atoms with E-state index in [0.717, 1.165) is 25.7 Å². The second-order valence-corrected chi connectivity index (χ2v) is 2.63. The zero-order chi connectivity index (χ0) is 7.40. The Balaban J connectivity index is 0.000001000. The fourth-order valence-electron chi connectivity index (χ4n) is 1.21. The topological polar surface area (TPSA) is 37.3 Å². The molecule has 0 atom stereocenters. The SMILES string of the molecule is O=C(O)C1=CCCCCC1.[In]. The molecule has 0 aromatic rings. The first-order valence-electron chi connectivity index (χ1n) is 3.73. The summed E-state index contributed by atoms with van der Waals surface area (Å²) in [6, 6.07) is 0. The first-order chi connectivity index (χ1) is 4.80. The minimum Gasteiger partial charge on any atom is -0.478 e. The molecule has 0 aromatic heterocycles. The van der Waals surface area contributed by atoms with Gasteiger partial charge in [-0.15, -0.1) is 0 Å². The standard InChI is InChI=1S/C8H12O2.In/c9-8(10)7-5-3-1-2-4-6-7;/h5H,1-4,6H2,(H,9,10);. The van der Waals surface area contributed by atoms with Gasteiger partial charge in [-0.3, -0.25) is 0 Å².